The van der Waals surface area contributed by atoms with Gasteiger partial charge >= 0.3 is 5.97 Å². The zero-order chi connectivity index (χ0) is 14.4. The van der Waals surface area contributed by atoms with Gasteiger partial charge in [0.05, 0.1) is 7.11 Å². The average Bonchev–Trinajstić information content (AvgIpc) is 3.18. The summed E-state index contributed by atoms with van der Waals surface area (Å²) < 4.78 is 10.8. The van der Waals surface area contributed by atoms with Crippen LogP contribution in [0.15, 0.2) is 0 Å². The van der Waals surface area contributed by atoms with Crippen molar-refractivity contribution in [2.45, 2.75) is 69.9 Å². The van der Waals surface area contributed by atoms with Crippen molar-refractivity contribution in [2.24, 2.45) is 5.92 Å². The molecule has 2 unspecified atom stereocenters. The van der Waals surface area contributed by atoms with Crippen LogP contribution >= 0.6 is 0 Å². The van der Waals surface area contributed by atoms with E-state index in [9.17, 15) is 4.79 Å². The highest BCUT2D eigenvalue weighted by Gasteiger charge is 2.51. The minimum absolute atomic E-state index is 0.0690. The Bertz CT molecular complexity index is 317. The Hall–Kier alpha value is -0.610. The van der Waals surface area contributed by atoms with E-state index in [1.54, 1.807) is 0 Å². The van der Waals surface area contributed by atoms with Crippen molar-refractivity contribution in [3.63, 3.8) is 0 Å². The molecule has 2 aliphatic rings. The average molecular weight is 283 g/mol. The van der Waals surface area contributed by atoms with E-state index in [0.29, 0.717) is 12.0 Å². The lowest BCUT2D eigenvalue weighted by Gasteiger charge is -2.34. The van der Waals surface area contributed by atoms with Gasteiger partial charge in [0, 0.05) is 19.3 Å². The van der Waals surface area contributed by atoms with Crippen LogP contribution in [0.5, 0.6) is 0 Å². The number of carbonyl (C=O) groups is 1. The maximum Gasteiger partial charge on any atom is 0.326 e. The highest BCUT2D eigenvalue weighted by molar-refractivity contribution is 5.81. The molecule has 0 spiro atoms. The van der Waals surface area contributed by atoms with Crippen LogP contribution in [0.3, 0.4) is 0 Å². The second kappa shape index (κ2) is 7.41. The fourth-order valence-electron chi connectivity index (χ4n) is 3.33. The number of ether oxygens (including phenoxy) is 2. The molecule has 116 valence electrons. The Labute approximate surface area is 122 Å². The lowest BCUT2D eigenvalue weighted by Crippen LogP contribution is -2.56. The summed E-state index contributed by atoms with van der Waals surface area (Å²) in [5.41, 5.74) is -0.440. The van der Waals surface area contributed by atoms with Crippen molar-refractivity contribution in [1.29, 1.82) is 0 Å². The van der Waals surface area contributed by atoms with Gasteiger partial charge in [0.1, 0.15) is 5.54 Å². The predicted octanol–water partition coefficient (Wildman–Crippen LogP) is 2.66. The van der Waals surface area contributed by atoms with E-state index < -0.39 is 5.54 Å². The summed E-state index contributed by atoms with van der Waals surface area (Å²) >= 11 is 0. The molecular formula is C16H29NO3. The van der Waals surface area contributed by atoms with Gasteiger partial charge in [-0.05, 0) is 44.4 Å². The Balaban J connectivity index is 1.88. The van der Waals surface area contributed by atoms with Crippen LogP contribution in [0.25, 0.3) is 0 Å². The molecule has 1 N–H and O–H groups in total. The molecule has 2 fully saturated rings. The molecule has 0 amide bonds. The molecule has 2 saturated carbocycles. The van der Waals surface area contributed by atoms with E-state index >= 15 is 0 Å². The fourth-order valence-corrected chi connectivity index (χ4v) is 3.33. The van der Waals surface area contributed by atoms with E-state index in [-0.39, 0.29) is 5.97 Å². The Morgan fingerprint density at radius 1 is 1.30 bits per heavy atom. The number of nitrogens with one attached hydrogen (secondary N) is 1. The lowest BCUT2D eigenvalue weighted by atomic mass is 9.84. The Morgan fingerprint density at radius 3 is 2.75 bits per heavy atom. The van der Waals surface area contributed by atoms with Gasteiger partial charge in [0.2, 0.25) is 0 Å². The van der Waals surface area contributed by atoms with Gasteiger partial charge in [-0.3, -0.25) is 10.1 Å². The molecule has 2 aliphatic carbocycles. The van der Waals surface area contributed by atoms with Crippen LogP contribution in [-0.4, -0.2) is 37.9 Å². The molecule has 0 heterocycles. The van der Waals surface area contributed by atoms with Gasteiger partial charge in [0.15, 0.2) is 0 Å². The molecular weight excluding hydrogens is 254 g/mol. The first-order valence-electron chi connectivity index (χ1n) is 8.16. The minimum Gasteiger partial charge on any atom is -0.468 e. The number of carbonyl (C=O) groups excluding carboxylic acids is 1. The van der Waals surface area contributed by atoms with Crippen molar-refractivity contribution >= 4 is 5.97 Å². The van der Waals surface area contributed by atoms with Gasteiger partial charge < -0.3 is 9.47 Å². The summed E-state index contributed by atoms with van der Waals surface area (Å²) in [5.74, 6) is 0.289. The van der Waals surface area contributed by atoms with Crippen molar-refractivity contribution < 1.29 is 14.3 Å². The number of esters is 1. The molecule has 0 radical (unpaired) electrons. The highest BCUT2D eigenvalue weighted by Crippen LogP contribution is 2.41. The highest BCUT2D eigenvalue weighted by atomic mass is 16.5. The van der Waals surface area contributed by atoms with Crippen LogP contribution in [0.4, 0.5) is 0 Å². The van der Waals surface area contributed by atoms with Crippen molar-refractivity contribution in [3.05, 3.63) is 0 Å². The van der Waals surface area contributed by atoms with Crippen LogP contribution in [-0.2, 0) is 14.3 Å². The predicted molar refractivity (Wildman–Crippen MR) is 78.6 cm³/mol. The minimum atomic E-state index is -0.440. The van der Waals surface area contributed by atoms with Crippen molar-refractivity contribution in [2.75, 3.05) is 20.3 Å². The van der Waals surface area contributed by atoms with E-state index in [0.717, 1.165) is 45.3 Å². The zero-order valence-corrected chi connectivity index (χ0v) is 13.0. The van der Waals surface area contributed by atoms with E-state index in [4.69, 9.17) is 9.47 Å². The van der Waals surface area contributed by atoms with Gasteiger partial charge in [-0.2, -0.15) is 0 Å². The maximum atomic E-state index is 12.3. The van der Waals surface area contributed by atoms with Crippen LogP contribution in [0.1, 0.15) is 58.3 Å². The molecule has 0 saturated heterocycles. The molecule has 0 aliphatic heterocycles. The molecule has 0 aromatic heterocycles. The van der Waals surface area contributed by atoms with E-state index in [1.165, 1.54) is 26.4 Å². The molecule has 4 nitrogen and oxygen atoms in total. The smallest absolute Gasteiger partial charge is 0.326 e. The van der Waals surface area contributed by atoms with Crippen LogP contribution < -0.4 is 5.32 Å². The number of hydrogen-bond donors (Lipinski definition) is 1. The molecule has 0 bridgehead atoms. The van der Waals surface area contributed by atoms with Crippen molar-refractivity contribution in [1.82, 2.24) is 5.32 Å². The van der Waals surface area contributed by atoms with Gasteiger partial charge in [-0.25, -0.2) is 0 Å². The third kappa shape index (κ3) is 3.73. The first-order valence-corrected chi connectivity index (χ1v) is 8.16. The zero-order valence-electron chi connectivity index (χ0n) is 13.0. The quantitative estimate of drug-likeness (QED) is 0.522. The summed E-state index contributed by atoms with van der Waals surface area (Å²) in [6.45, 7) is 3.77. The Morgan fingerprint density at radius 2 is 2.10 bits per heavy atom. The summed E-state index contributed by atoms with van der Waals surface area (Å²) in [4.78, 5) is 12.3. The molecule has 4 heteroatoms. The fraction of sp³-hybridized carbons (Fsp3) is 0.938. The maximum absolute atomic E-state index is 12.3. The van der Waals surface area contributed by atoms with Crippen molar-refractivity contribution in [3.8, 4) is 0 Å². The second-order valence-electron chi connectivity index (χ2n) is 6.23. The van der Waals surface area contributed by atoms with Crippen LogP contribution in [0, 0.1) is 5.92 Å². The van der Waals surface area contributed by atoms with Gasteiger partial charge in [-0.1, -0.05) is 19.8 Å². The molecule has 2 rings (SSSR count). The van der Waals surface area contributed by atoms with Gasteiger partial charge in [-0.15, -0.1) is 0 Å². The van der Waals surface area contributed by atoms with Gasteiger partial charge in [0.25, 0.3) is 0 Å². The number of hydrogen-bond acceptors (Lipinski definition) is 4. The summed E-state index contributed by atoms with van der Waals surface area (Å²) in [6.07, 6.45) is 8.75. The number of methoxy groups -OCH3 is 1. The molecule has 2 atom stereocenters. The number of rotatable bonds is 9. The molecule has 20 heavy (non-hydrogen) atoms. The first-order chi connectivity index (χ1) is 9.73. The third-order valence-electron chi connectivity index (χ3n) is 4.66. The molecule has 0 aromatic rings. The first kappa shape index (κ1) is 15.8. The standard InChI is InChI=1S/C16H29NO3/c1-3-4-11-20-12-9-13-6-5-10-16(13,15(18)19-2)17-14-7-8-14/h13-14,17H,3-12H2,1-2H3. The lowest BCUT2D eigenvalue weighted by molar-refractivity contribution is -0.150. The summed E-state index contributed by atoms with van der Waals surface area (Å²) in [5, 5.41) is 3.59. The summed E-state index contributed by atoms with van der Waals surface area (Å²) in [6, 6.07) is 0.524. The summed E-state index contributed by atoms with van der Waals surface area (Å²) in [7, 11) is 1.51. The largest absolute Gasteiger partial charge is 0.468 e. The normalized spacial score (nSPS) is 29.6. The van der Waals surface area contributed by atoms with E-state index in [2.05, 4.69) is 12.2 Å². The van der Waals surface area contributed by atoms with Crippen LogP contribution in [0.2, 0.25) is 0 Å². The monoisotopic (exact) mass is 283 g/mol. The van der Waals surface area contributed by atoms with E-state index in [1.807, 2.05) is 0 Å². The topological polar surface area (TPSA) is 47.6 Å². The second-order valence-corrected chi connectivity index (χ2v) is 6.23. The SMILES string of the molecule is CCCCOCCC1CCCC1(NC1CC1)C(=O)OC. The third-order valence-corrected chi connectivity index (χ3v) is 4.66. The molecule has 0 aromatic carbocycles. The number of unbranched alkanes of at least 4 members (excludes halogenated alkanes) is 1. The Kier molecular flexibility index (Phi) is 5.85.